The van der Waals surface area contributed by atoms with Crippen molar-refractivity contribution in [2.75, 3.05) is 0 Å². The molecule has 0 unspecified atom stereocenters. The number of carbonyl (C=O) groups excluding carboxylic acids is 2. The predicted octanol–water partition coefficient (Wildman–Crippen LogP) is 2.43. The molecule has 2 rings (SSSR count). The first kappa shape index (κ1) is 12.0. The van der Waals surface area contributed by atoms with Crippen molar-refractivity contribution in [2.45, 2.75) is 0 Å². The highest BCUT2D eigenvalue weighted by molar-refractivity contribution is 6.49. The van der Waals surface area contributed by atoms with E-state index in [-0.39, 0.29) is 11.1 Å². The maximum atomic E-state index is 12.8. The van der Waals surface area contributed by atoms with Crippen LogP contribution in [-0.4, -0.2) is 16.6 Å². The molecule has 0 aliphatic carbocycles. The number of rotatable bonds is 3. The molecule has 1 aromatic carbocycles. The average Bonchev–Trinajstić information content (AvgIpc) is 2.38. The maximum absolute atomic E-state index is 12.8. The van der Waals surface area contributed by atoms with Crippen LogP contribution in [0.4, 0.5) is 8.78 Å². The summed E-state index contributed by atoms with van der Waals surface area (Å²) in [6, 6.07) is 6.68. The van der Waals surface area contributed by atoms with Crippen molar-refractivity contribution in [3.8, 4) is 0 Å². The molecule has 0 spiro atoms. The van der Waals surface area contributed by atoms with Gasteiger partial charge in [-0.15, -0.1) is 0 Å². The Kier molecular flexibility index (Phi) is 3.23. The third-order valence-electron chi connectivity index (χ3n) is 2.30. The summed E-state index contributed by atoms with van der Waals surface area (Å²) in [5.41, 5.74) is -0.0320. The fourth-order valence-corrected chi connectivity index (χ4v) is 1.41. The largest absolute Gasteiger partial charge is 0.285 e. The Morgan fingerprint density at radius 1 is 0.889 bits per heavy atom. The molecular formula is C13H7F2NO2. The molecule has 90 valence electrons. The first-order valence-corrected chi connectivity index (χ1v) is 5.04. The molecule has 0 amide bonds. The number of pyridine rings is 1. The molecule has 5 heteroatoms. The molecule has 0 radical (unpaired) electrons. The molecule has 18 heavy (non-hydrogen) atoms. The molecule has 2 aromatic rings. The minimum Gasteiger partial charge on any atom is -0.285 e. The van der Waals surface area contributed by atoms with Crippen LogP contribution < -0.4 is 0 Å². The second kappa shape index (κ2) is 4.83. The molecule has 0 fully saturated rings. The first-order valence-electron chi connectivity index (χ1n) is 5.04. The van der Waals surface area contributed by atoms with E-state index in [1.165, 1.54) is 18.2 Å². The number of carbonyl (C=O) groups is 2. The average molecular weight is 247 g/mol. The van der Waals surface area contributed by atoms with Crippen LogP contribution in [0.1, 0.15) is 20.7 Å². The van der Waals surface area contributed by atoms with Gasteiger partial charge in [0.15, 0.2) is 0 Å². The zero-order valence-electron chi connectivity index (χ0n) is 9.06. The van der Waals surface area contributed by atoms with Crippen molar-refractivity contribution in [1.29, 1.82) is 0 Å². The highest BCUT2D eigenvalue weighted by atomic mass is 19.1. The van der Waals surface area contributed by atoms with Gasteiger partial charge in [0.2, 0.25) is 17.5 Å². The summed E-state index contributed by atoms with van der Waals surface area (Å²) >= 11 is 0. The normalized spacial score (nSPS) is 10.1. The third-order valence-corrected chi connectivity index (χ3v) is 2.30. The number of nitrogens with zero attached hydrogens (tertiary/aromatic N) is 1. The lowest BCUT2D eigenvalue weighted by atomic mass is 10.0. The minimum absolute atomic E-state index is 0.0543. The number of hydrogen-bond acceptors (Lipinski definition) is 3. The van der Waals surface area contributed by atoms with Gasteiger partial charge in [0.05, 0.1) is 0 Å². The van der Waals surface area contributed by atoms with Crippen LogP contribution in [0.15, 0.2) is 42.6 Å². The topological polar surface area (TPSA) is 47.0 Å². The predicted molar refractivity (Wildman–Crippen MR) is 59.3 cm³/mol. The molecule has 1 heterocycles. The zero-order valence-corrected chi connectivity index (χ0v) is 9.06. The molecule has 1 aromatic heterocycles. The molecule has 0 saturated carbocycles. The van der Waals surface area contributed by atoms with Crippen molar-refractivity contribution < 1.29 is 18.4 Å². The summed E-state index contributed by atoms with van der Waals surface area (Å²) < 4.78 is 25.5. The number of aromatic nitrogens is 1. The van der Waals surface area contributed by atoms with Gasteiger partial charge in [-0.3, -0.25) is 9.59 Å². The molecule has 0 aliphatic heterocycles. The van der Waals surface area contributed by atoms with Crippen molar-refractivity contribution in [2.24, 2.45) is 0 Å². The number of hydrogen-bond donors (Lipinski definition) is 0. The second-order valence-corrected chi connectivity index (χ2v) is 3.53. The van der Waals surface area contributed by atoms with E-state index in [0.29, 0.717) is 0 Å². The monoisotopic (exact) mass is 247 g/mol. The highest BCUT2D eigenvalue weighted by Crippen LogP contribution is 2.09. The standard InChI is InChI=1S/C13H7F2NO2/c14-10-3-1-8(2-4-10)12(17)13(18)9-5-6-16-11(15)7-9/h1-7H. The van der Waals surface area contributed by atoms with Gasteiger partial charge in [-0.25, -0.2) is 9.37 Å². The summed E-state index contributed by atoms with van der Waals surface area (Å²) in [6.45, 7) is 0. The SMILES string of the molecule is O=C(C(=O)c1ccnc(F)c1)c1ccc(F)cc1. The fraction of sp³-hybridized carbons (Fsp3) is 0. The van der Waals surface area contributed by atoms with E-state index in [0.717, 1.165) is 24.4 Å². The van der Waals surface area contributed by atoms with E-state index in [9.17, 15) is 18.4 Å². The summed E-state index contributed by atoms with van der Waals surface area (Å²) in [5, 5.41) is 0. The summed E-state index contributed by atoms with van der Waals surface area (Å²) in [6.07, 6.45) is 1.10. The van der Waals surface area contributed by atoms with E-state index < -0.39 is 23.3 Å². The van der Waals surface area contributed by atoms with E-state index >= 15 is 0 Å². The lowest BCUT2D eigenvalue weighted by molar-refractivity contribution is 0.0816. The Morgan fingerprint density at radius 3 is 2.11 bits per heavy atom. The van der Waals surface area contributed by atoms with Crippen molar-refractivity contribution in [3.05, 3.63) is 65.5 Å². The van der Waals surface area contributed by atoms with Crippen molar-refractivity contribution in [3.63, 3.8) is 0 Å². The van der Waals surface area contributed by atoms with E-state index in [4.69, 9.17) is 0 Å². The van der Waals surface area contributed by atoms with E-state index in [1.807, 2.05) is 0 Å². The van der Waals surface area contributed by atoms with Crippen LogP contribution in [0, 0.1) is 11.8 Å². The van der Waals surface area contributed by atoms with Crippen LogP contribution in [0.5, 0.6) is 0 Å². The Morgan fingerprint density at radius 2 is 1.50 bits per heavy atom. The highest BCUT2D eigenvalue weighted by Gasteiger charge is 2.18. The Balaban J connectivity index is 2.29. The molecular weight excluding hydrogens is 240 g/mol. The quantitative estimate of drug-likeness (QED) is 0.475. The van der Waals surface area contributed by atoms with Gasteiger partial charge < -0.3 is 0 Å². The van der Waals surface area contributed by atoms with E-state index in [2.05, 4.69) is 4.98 Å². The number of ketones is 2. The Labute approximate surface area is 101 Å². The van der Waals surface area contributed by atoms with Crippen LogP contribution in [0.25, 0.3) is 0 Å². The van der Waals surface area contributed by atoms with Crippen LogP contribution in [0.3, 0.4) is 0 Å². The maximum Gasteiger partial charge on any atom is 0.233 e. The molecule has 0 aliphatic rings. The van der Waals surface area contributed by atoms with Crippen molar-refractivity contribution >= 4 is 11.6 Å². The van der Waals surface area contributed by atoms with Gasteiger partial charge in [-0.2, -0.15) is 4.39 Å². The zero-order chi connectivity index (χ0) is 13.1. The van der Waals surface area contributed by atoms with Crippen LogP contribution in [-0.2, 0) is 0 Å². The third kappa shape index (κ3) is 2.45. The smallest absolute Gasteiger partial charge is 0.233 e. The molecule has 0 bridgehead atoms. The van der Waals surface area contributed by atoms with Gasteiger partial charge in [-0.1, -0.05) is 0 Å². The number of halogens is 2. The van der Waals surface area contributed by atoms with Crippen LogP contribution in [0.2, 0.25) is 0 Å². The lowest BCUT2D eigenvalue weighted by Crippen LogP contribution is -2.14. The minimum atomic E-state index is -0.858. The second-order valence-electron chi connectivity index (χ2n) is 3.53. The summed E-state index contributed by atoms with van der Waals surface area (Å²) in [5.74, 6) is -3.02. The number of benzene rings is 1. The summed E-state index contributed by atoms with van der Waals surface area (Å²) in [4.78, 5) is 26.8. The molecule has 0 N–H and O–H groups in total. The van der Waals surface area contributed by atoms with Gasteiger partial charge in [-0.05, 0) is 30.3 Å². The number of Topliss-reactive ketones (excluding diaryl/α,β-unsaturated/α-hetero) is 2. The Hall–Kier alpha value is -2.43. The first-order chi connectivity index (χ1) is 8.58. The molecule has 0 saturated heterocycles. The van der Waals surface area contributed by atoms with Crippen molar-refractivity contribution in [1.82, 2.24) is 4.98 Å². The fourth-order valence-electron chi connectivity index (χ4n) is 1.41. The van der Waals surface area contributed by atoms with Gasteiger partial charge in [0, 0.05) is 23.4 Å². The van der Waals surface area contributed by atoms with Gasteiger partial charge >= 0.3 is 0 Å². The van der Waals surface area contributed by atoms with Gasteiger partial charge in [0.1, 0.15) is 5.82 Å². The Bertz CT molecular complexity index is 609. The molecule has 3 nitrogen and oxygen atoms in total. The summed E-state index contributed by atoms with van der Waals surface area (Å²) in [7, 11) is 0. The molecule has 0 atom stereocenters. The van der Waals surface area contributed by atoms with Crippen LogP contribution >= 0.6 is 0 Å². The van der Waals surface area contributed by atoms with E-state index in [1.54, 1.807) is 0 Å². The van der Waals surface area contributed by atoms with Gasteiger partial charge in [0.25, 0.3) is 0 Å². The lowest BCUT2D eigenvalue weighted by Gasteiger charge is -2.00.